The van der Waals surface area contributed by atoms with E-state index in [2.05, 4.69) is 5.32 Å². The van der Waals surface area contributed by atoms with Gasteiger partial charge >= 0.3 is 0 Å². The molecule has 3 aromatic carbocycles. The highest BCUT2D eigenvalue weighted by molar-refractivity contribution is 6.07. The molecule has 0 atom stereocenters. The zero-order valence-corrected chi connectivity index (χ0v) is 15.5. The van der Waals surface area contributed by atoms with Crippen molar-refractivity contribution in [3.05, 3.63) is 83.9 Å². The predicted molar refractivity (Wildman–Crippen MR) is 109 cm³/mol. The lowest BCUT2D eigenvalue weighted by Gasteiger charge is -2.15. The molecule has 28 heavy (non-hydrogen) atoms. The number of amides is 2. The number of fused-ring (bicyclic) bond motifs is 1. The van der Waals surface area contributed by atoms with Crippen molar-refractivity contribution in [2.75, 3.05) is 16.8 Å². The molecule has 0 unspecified atom stereocenters. The second kappa shape index (κ2) is 7.56. The normalized spacial score (nSPS) is 12.6. The van der Waals surface area contributed by atoms with E-state index in [9.17, 15) is 9.59 Å². The van der Waals surface area contributed by atoms with Gasteiger partial charge in [0.05, 0.1) is 12.0 Å². The largest absolute Gasteiger partial charge is 0.457 e. The lowest BCUT2D eigenvalue weighted by Crippen LogP contribution is -2.25. The fraction of sp³-hybridized carbons (Fsp3) is 0.130. The van der Waals surface area contributed by atoms with Crippen LogP contribution >= 0.6 is 0 Å². The van der Waals surface area contributed by atoms with Gasteiger partial charge in [0.2, 0.25) is 5.91 Å². The number of rotatable bonds is 5. The summed E-state index contributed by atoms with van der Waals surface area (Å²) >= 11 is 0. The fourth-order valence-corrected chi connectivity index (χ4v) is 3.36. The summed E-state index contributed by atoms with van der Waals surface area (Å²) in [5.74, 6) is 0.976. The maximum absolute atomic E-state index is 12.8. The first kappa shape index (κ1) is 17.8. The average Bonchev–Trinajstić information content (AvgIpc) is 3.03. The molecule has 5 nitrogen and oxygen atoms in total. The number of nitrogens with zero attached hydrogens (tertiary/aromatic N) is 1. The number of benzene rings is 3. The first-order chi connectivity index (χ1) is 13.7. The van der Waals surface area contributed by atoms with Crippen molar-refractivity contribution < 1.29 is 14.3 Å². The van der Waals surface area contributed by atoms with Gasteiger partial charge in [0.1, 0.15) is 11.5 Å². The van der Waals surface area contributed by atoms with Crippen molar-refractivity contribution in [1.82, 2.24) is 0 Å². The summed E-state index contributed by atoms with van der Waals surface area (Å²) in [7, 11) is 0. The molecule has 1 aliphatic rings. The molecular weight excluding hydrogens is 352 g/mol. The number of hydrogen-bond donors (Lipinski definition) is 1. The summed E-state index contributed by atoms with van der Waals surface area (Å²) in [5, 5.41) is 2.91. The second-order valence-electron chi connectivity index (χ2n) is 6.52. The summed E-state index contributed by atoms with van der Waals surface area (Å²) in [5.41, 5.74) is 2.94. The van der Waals surface area contributed by atoms with Crippen molar-refractivity contribution in [2.45, 2.75) is 13.3 Å². The fourth-order valence-electron chi connectivity index (χ4n) is 3.36. The minimum Gasteiger partial charge on any atom is -0.457 e. The quantitative estimate of drug-likeness (QED) is 0.710. The number of ether oxygens (including phenoxy) is 1. The van der Waals surface area contributed by atoms with Crippen LogP contribution in [0.5, 0.6) is 11.5 Å². The first-order valence-electron chi connectivity index (χ1n) is 9.22. The van der Waals surface area contributed by atoms with Crippen LogP contribution in [0.1, 0.15) is 22.8 Å². The van der Waals surface area contributed by atoms with Crippen molar-refractivity contribution in [3.63, 3.8) is 0 Å². The summed E-state index contributed by atoms with van der Waals surface area (Å²) in [4.78, 5) is 26.7. The van der Waals surface area contributed by atoms with Gasteiger partial charge in [-0.1, -0.05) is 30.3 Å². The monoisotopic (exact) mass is 372 g/mol. The average molecular weight is 372 g/mol. The van der Waals surface area contributed by atoms with Crippen molar-refractivity contribution in [1.29, 1.82) is 0 Å². The van der Waals surface area contributed by atoms with Crippen LogP contribution in [-0.4, -0.2) is 18.4 Å². The third kappa shape index (κ3) is 3.47. The van der Waals surface area contributed by atoms with Gasteiger partial charge < -0.3 is 15.0 Å². The highest BCUT2D eigenvalue weighted by atomic mass is 16.5. The van der Waals surface area contributed by atoms with E-state index in [1.807, 2.05) is 61.5 Å². The van der Waals surface area contributed by atoms with E-state index in [-0.39, 0.29) is 11.8 Å². The molecule has 0 aromatic heterocycles. The van der Waals surface area contributed by atoms with Crippen LogP contribution in [0.25, 0.3) is 0 Å². The smallest absolute Gasteiger partial charge is 0.259 e. The SMILES string of the molecule is CCN1C(=O)Cc2cc(NC(=O)c3ccccc3Oc3ccccc3)ccc21. The van der Waals surface area contributed by atoms with Crippen LogP contribution in [0.2, 0.25) is 0 Å². The molecule has 4 rings (SSSR count). The second-order valence-corrected chi connectivity index (χ2v) is 6.52. The van der Waals surface area contributed by atoms with Gasteiger partial charge in [-0.05, 0) is 55.0 Å². The van der Waals surface area contributed by atoms with Crippen molar-refractivity contribution in [2.24, 2.45) is 0 Å². The molecule has 0 aliphatic carbocycles. The van der Waals surface area contributed by atoms with Crippen LogP contribution in [0.4, 0.5) is 11.4 Å². The summed E-state index contributed by atoms with van der Waals surface area (Å²) in [6.45, 7) is 2.59. The Kier molecular flexibility index (Phi) is 4.81. The van der Waals surface area contributed by atoms with Crippen LogP contribution < -0.4 is 15.0 Å². The molecule has 3 aromatic rings. The Bertz CT molecular complexity index is 1030. The number of para-hydroxylation sites is 2. The van der Waals surface area contributed by atoms with Gasteiger partial charge in [-0.3, -0.25) is 9.59 Å². The molecule has 5 heteroatoms. The molecule has 1 N–H and O–H groups in total. The number of carbonyl (C=O) groups excluding carboxylic acids is 2. The van der Waals surface area contributed by atoms with E-state index in [4.69, 9.17) is 4.74 Å². The summed E-state index contributed by atoms with van der Waals surface area (Å²) in [6, 6.07) is 22.0. The maximum Gasteiger partial charge on any atom is 0.259 e. The summed E-state index contributed by atoms with van der Waals surface area (Å²) < 4.78 is 5.87. The lowest BCUT2D eigenvalue weighted by atomic mass is 10.1. The highest BCUT2D eigenvalue weighted by Crippen LogP contribution is 2.32. The summed E-state index contributed by atoms with van der Waals surface area (Å²) in [6.07, 6.45) is 0.362. The first-order valence-corrected chi connectivity index (χ1v) is 9.22. The molecule has 0 radical (unpaired) electrons. The number of likely N-dealkylation sites (N-methyl/N-ethyl adjacent to an activating group) is 1. The van der Waals surface area contributed by atoms with E-state index >= 15 is 0 Å². The molecular formula is C23H20N2O3. The Hall–Kier alpha value is -3.60. The number of anilines is 2. The van der Waals surface area contributed by atoms with E-state index in [1.54, 1.807) is 23.1 Å². The van der Waals surface area contributed by atoms with E-state index in [1.165, 1.54) is 0 Å². The van der Waals surface area contributed by atoms with Crippen LogP contribution in [0.3, 0.4) is 0 Å². The Morgan fingerprint density at radius 2 is 1.79 bits per heavy atom. The number of nitrogens with one attached hydrogen (secondary N) is 1. The molecule has 0 fully saturated rings. The minimum absolute atomic E-state index is 0.0857. The zero-order valence-electron chi connectivity index (χ0n) is 15.5. The van der Waals surface area contributed by atoms with Crippen molar-refractivity contribution >= 4 is 23.2 Å². The highest BCUT2D eigenvalue weighted by Gasteiger charge is 2.26. The Morgan fingerprint density at radius 3 is 2.57 bits per heavy atom. The zero-order chi connectivity index (χ0) is 19.5. The van der Waals surface area contributed by atoms with E-state index in [0.717, 1.165) is 11.3 Å². The molecule has 0 bridgehead atoms. The lowest BCUT2D eigenvalue weighted by molar-refractivity contribution is -0.117. The topological polar surface area (TPSA) is 58.6 Å². The maximum atomic E-state index is 12.8. The standard InChI is InChI=1S/C23H20N2O3/c1-2-25-20-13-12-17(14-16(20)15-22(25)26)24-23(27)19-10-6-7-11-21(19)28-18-8-4-3-5-9-18/h3-14H,2,15H2,1H3,(H,24,27). The number of carbonyl (C=O) groups is 2. The molecule has 1 aliphatic heterocycles. The molecule has 1 heterocycles. The minimum atomic E-state index is -0.261. The van der Waals surface area contributed by atoms with E-state index in [0.29, 0.717) is 35.7 Å². The third-order valence-corrected chi connectivity index (χ3v) is 4.69. The Balaban J connectivity index is 1.55. The third-order valence-electron chi connectivity index (χ3n) is 4.69. The van der Waals surface area contributed by atoms with E-state index < -0.39 is 0 Å². The molecule has 0 saturated heterocycles. The van der Waals surface area contributed by atoms with Crippen LogP contribution in [-0.2, 0) is 11.2 Å². The van der Waals surface area contributed by atoms with Gasteiger partial charge in [-0.25, -0.2) is 0 Å². The molecule has 140 valence electrons. The Labute approximate surface area is 163 Å². The van der Waals surface area contributed by atoms with Gasteiger partial charge in [-0.2, -0.15) is 0 Å². The van der Waals surface area contributed by atoms with Crippen molar-refractivity contribution in [3.8, 4) is 11.5 Å². The van der Waals surface area contributed by atoms with Gasteiger partial charge in [-0.15, -0.1) is 0 Å². The molecule has 2 amide bonds. The molecule has 0 spiro atoms. The predicted octanol–water partition coefficient (Wildman–Crippen LogP) is 4.64. The van der Waals surface area contributed by atoms with Crippen LogP contribution in [0, 0.1) is 0 Å². The molecule has 0 saturated carbocycles. The van der Waals surface area contributed by atoms with Gasteiger partial charge in [0.15, 0.2) is 0 Å². The van der Waals surface area contributed by atoms with Crippen LogP contribution in [0.15, 0.2) is 72.8 Å². The van der Waals surface area contributed by atoms with Gasteiger partial charge in [0.25, 0.3) is 5.91 Å². The Morgan fingerprint density at radius 1 is 1.04 bits per heavy atom. The number of hydrogen-bond acceptors (Lipinski definition) is 3. The van der Waals surface area contributed by atoms with Gasteiger partial charge in [0, 0.05) is 17.9 Å².